The van der Waals surface area contributed by atoms with Crippen LogP contribution in [0.1, 0.15) is 42.6 Å². The summed E-state index contributed by atoms with van der Waals surface area (Å²) in [4.78, 5) is 17.7. The highest BCUT2D eigenvalue weighted by Crippen LogP contribution is 2.23. The van der Waals surface area contributed by atoms with Crippen molar-refractivity contribution in [3.63, 3.8) is 0 Å². The smallest absolute Gasteiger partial charge is 0.279 e. The molecule has 3 aromatic rings. The summed E-state index contributed by atoms with van der Waals surface area (Å²) in [5, 5.41) is 0. The number of carbonyl (C=O) groups excluding carboxylic acids is 1. The van der Waals surface area contributed by atoms with Gasteiger partial charge in [-0.05, 0) is 54.8 Å². The number of benzene rings is 2. The zero-order valence-electron chi connectivity index (χ0n) is 15.8. The second kappa shape index (κ2) is 7.40. The van der Waals surface area contributed by atoms with Crippen molar-refractivity contribution in [3.8, 4) is 0 Å². The van der Waals surface area contributed by atoms with Crippen molar-refractivity contribution in [3.05, 3.63) is 58.4 Å². The highest BCUT2D eigenvalue weighted by Gasteiger charge is 2.12. The number of aryl methyl sites for hydroxylation is 1. The van der Waals surface area contributed by atoms with Gasteiger partial charge in [0.1, 0.15) is 0 Å². The minimum atomic E-state index is -3.29. The molecule has 5 nitrogen and oxygen atoms in total. The predicted molar refractivity (Wildman–Crippen MR) is 109 cm³/mol. The first kappa shape index (κ1) is 19.5. The standard InChI is InChI=1S/C20H22N2O3S2/c1-5-22-17-11-8-15(13(2)3)12-18(17)26-20(22)21-19(23)14-6-9-16(10-7-14)27(4,24)25/h6-13H,5H2,1-4H3. The molecule has 0 saturated heterocycles. The number of hydrogen-bond acceptors (Lipinski definition) is 4. The van der Waals surface area contributed by atoms with E-state index in [1.54, 1.807) is 0 Å². The van der Waals surface area contributed by atoms with Crippen LogP contribution in [0.3, 0.4) is 0 Å². The van der Waals surface area contributed by atoms with Gasteiger partial charge in [0.2, 0.25) is 0 Å². The summed E-state index contributed by atoms with van der Waals surface area (Å²) in [6.45, 7) is 7.03. The van der Waals surface area contributed by atoms with E-state index in [9.17, 15) is 13.2 Å². The minimum absolute atomic E-state index is 0.186. The largest absolute Gasteiger partial charge is 0.317 e. The number of fused-ring (bicyclic) bond motifs is 1. The quantitative estimate of drug-likeness (QED) is 0.663. The second-order valence-corrected chi connectivity index (χ2v) is 9.75. The van der Waals surface area contributed by atoms with Crippen LogP contribution in [-0.2, 0) is 16.4 Å². The van der Waals surface area contributed by atoms with Gasteiger partial charge in [-0.2, -0.15) is 4.99 Å². The molecule has 0 aliphatic carbocycles. The topological polar surface area (TPSA) is 68.5 Å². The molecule has 0 bridgehead atoms. The first-order valence-corrected chi connectivity index (χ1v) is 11.4. The van der Waals surface area contributed by atoms with Gasteiger partial charge in [0.15, 0.2) is 14.6 Å². The van der Waals surface area contributed by atoms with Gasteiger partial charge in [0, 0.05) is 18.4 Å². The van der Waals surface area contributed by atoms with Crippen molar-refractivity contribution in [2.24, 2.45) is 4.99 Å². The van der Waals surface area contributed by atoms with Gasteiger partial charge >= 0.3 is 0 Å². The fourth-order valence-electron chi connectivity index (χ4n) is 2.84. The second-order valence-electron chi connectivity index (χ2n) is 6.72. The fourth-order valence-corrected chi connectivity index (χ4v) is 4.61. The molecule has 3 rings (SSSR count). The molecule has 0 saturated carbocycles. The Morgan fingerprint density at radius 3 is 2.37 bits per heavy atom. The van der Waals surface area contributed by atoms with E-state index in [4.69, 9.17) is 0 Å². The Morgan fingerprint density at radius 2 is 1.81 bits per heavy atom. The SMILES string of the molecule is CCn1c(=NC(=O)c2ccc(S(C)(=O)=O)cc2)sc2cc(C(C)C)ccc21. The van der Waals surface area contributed by atoms with Crippen LogP contribution in [0.25, 0.3) is 10.2 Å². The number of amides is 1. The Labute approximate surface area is 162 Å². The lowest BCUT2D eigenvalue weighted by atomic mass is 10.0. The zero-order chi connectivity index (χ0) is 19.8. The van der Waals surface area contributed by atoms with E-state index < -0.39 is 9.84 Å². The number of thiazole rings is 1. The van der Waals surface area contributed by atoms with Gasteiger partial charge in [0.05, 0.1) is 15.1 Å². The molecule has 0 unspecified atom stereocenters. The lowest BCUT2D eigenvalue weighted by molar-refractivity contribution is 0.0997. The number of sulfone groups is 1. The molecule has 0 spiro atoms. The Bertz CT molecular complexity index is 1170. The van der Waals surface area contributed by atoms with E-state index in [2.05, 4.69) is 37.0 Å². The molecule has 1 amide bonds. The van der Waals surface area contributed by atoms with Gasteiger partial charge in [-0.15, -0.1) is 0 Å². The molecule has 0 atom stereocenters. The summed E-state index contributed by atoms with van der Waals surface area (Å²) in [5.74, 6) is 0.0508. The van der Waals surface area contributed by atoms with Gasteiger partial charge in [0.25, 0.3) is 5.91 Å². The summed E-state index contributed by atoms with van der Waals surface area (Å²) in [6.07, 6.45) is 1.14. The molecule has 0 aliphatic heterocycles. The number of nitrogens with zero attached hydrogens (tertiary/aromatic N) is 2. The van der Waals surface area contributed by atoms with E-state index in [0.717, 1.165) is 16.5 Å². The van der Waals surface area contributed by atoms with Crippen LogP contribution in [0.4, 0.5) is 0 Å². The molecule has 2 aromatic carbocycles. The van der Waals surface area contributed by atoms with Crippen LogP contribution >= 0.6 is 11.3 Å². The van der Waals surface area contributed by atoms with Gasteiger partial charge < -0.3 is 4.57 Å². The average molecular weight is 403 g/mol. The number of rotatable bonds is 4. The summed E-state index contributed by atoms with van der Waals surface area (Å²) in [7, 11) is -3.29. The first-order chi connectivity index (χ1) is 12.7. The van der Waals surface area contributed by atoms with Crippen molar-refractivity contribution in [2.75, 3.05) is 6.26 Å². The minimum Gasteiger partial charge on any atom is -0.317 e. The van der Waals surface area contributed by atoms with E-state index >= 15 is 0 Å². The summed E-state index contributed by atoms with van der Waals surface area (Å²) < 4.78 is 26.2. The van der Waals surface area contributed by atoms with Gasteiger partial charge in [-0.25, -0.2) is 8.42 Å². The molecule has 0 fully saturated rings. The molecule has 7 heteroatoms. The molecule has 0 aliphatic rings. The van der Waals surface area contributed by atoms with Crippen molar-refractivity contribution in [1.29, 1.82) is 0 Å². The van der Waals surface area contributed by atoms with Crippen molar-refractivity contribution in [1.82, 2.24) is 4.57 Å². The lowest BCUT2D eigenvalue weighted by Crippen LogP contribution is -2.15. The third-order valence-corrected chi connectivity index (χ3v) is 6.59. The van der Waals surface area contributed by atoms with E-state index in [1.807, 2.05) is 11.5 Å². The summed E-state index contributed by atoms with van der Waals surface area (Å²) >= 11 is 1.49. The Hall–Kier alpha value is -2.25. The van der Waals surface area contributed by atoms with Crippen molar-refractivity contribution < 1.29 is 13.2 Å². The van der Waals surface area contributed by atoms with E-state index in [-0.39, 0.29) is 10.8 Å². The summed E-state index contributed by atoms with van der Waals surface area (Å²) in [6, 6.07) is 12.2. The molecule has 1 heterocycles. The normalized spacial score (nSPS) is 12.9. The maximum Gasteiger partial charge on any atom is 0.279 e. The number of carbonyl (C=O) groups is 1. The molecule has 0 N–H and O–H groups in total. The third-order valence-electron chi connectivity index (χ3n) is 4.42. The van der Waals surface area contributed by atoms with Crippen LogP contribution in [0.15, 0.2) is 52.4 Å². The molecule has 0 radical (unpaired) electrons. The van der Waals surface area contributed by atoms with Crippen LogP contribution in [0.5, 0.6) is 0 Å². The molecule has 27 heavy (non-hydrogen) atoms. The number of aromatic nitrogens is 1. The lowest BCUT2D eigenvalue weighted by Gasteiger charge is -2.05. The Kier molecular flexibility index (Phi) is 5.35. The maximum atomic E-state index is 12.6. The predicted octanol–water partition coefficient (Wildman–Crippen LogP) is 3.99. The van der Waals surface area contributed by atoms with Gasteiger partial charge in [-0.3, -0.25) is 4.79 Å². The van der Waals surface area contributed by atoms with Gasteiger partial charge in [-0.1, -0.05) is 31.3 Å². The van der Waals surface area contributed by atoms with Crippen LogP contribution < -0.4 is 4.80 Å². The monoisotopic (exact) mass is 402 g/mol. The zero-order valence-corrected chi connectivity index (χ0v) is 17.4. The van der Waals surface area contributed by atoms with Crippen molar-refractivity contribution in [2.45, 2.75) is 38.1 Å². The average Bonchev–Trinajstić information content (AvgIpc) is 2.96. The van der Waals surface area contributed by atoms with Crippen LogP contribution in [-0.4, -0.2) is 25.1 Å². The summed E-state index contributed by atoms with van der Waals surface area (Å²) in [5.41, 5.74) is 2.68. The highest BCUT2D eigenvalue weighted by molar-refractivity contribution is 7.90. The van der Waals surface area contributed by atoms with Crippen LogP contribution in [0.2, 0.25) is 0 Å². The third kappa shape index (κ3) is 4.04. The first-order valence-electron chi connectivity index (χ1n) is 8.73. The Balaban J connectivity index is 2.05. The molecule has 142 valence electrons. The van der Waals surface area contributed by atoms with E-state index in [1.165, 1.54) is 41.2 Å². The molecular weight excluding hydrogens is 380 g/mol. The van der Waals surface area contributed by atoms with Crippen LogP contribution in [0, 0.1) is 0 Å². The maximum absolute atomic E-state index is 12.6. The highest BCUT2D eigenvalue weighted by atomic mass is 32.2. The Morgan fingerprint density at radius 1 is 1.15 bits per heavy atom. The molecule has 1 aromatic heterocycles. The molecular formula is C20H22N2O3S2. The van der Waals surface area contributed by atoms with E-state index in [0.29, 0.717) is 22.8 Å². The fraction of sp³-hybridized carbons (Fsp3) is 0.300. The number of hydrogen-bond donors (Lipinski definition) is 0. The van der Waals surface area contributed by atoms with Crippen molar-refractivity contribution >= 4 is 37.3 Å².